The second-order valence-corrected chi connectivity index (χ2v) is 3.56. The van der Waals surface area contributed by atoms with E-state index in [9.17, 15) is 4.79 Å². The van der Waals surface area contributed by atoms with Gasteiger partial charge in [0.15, 0.2) is 0 Å². The molecule has 0 aromatic carbocycles. The van der Waals surface area contributed by atoms with Gasteiger partial charge < -0.3 is 5.32 Å². The molecule has 1 rings (SSSR count). The highest BCUT2D eigenvalue weighted by molar-refractivity contribution is 5.87. The van der Waals surface area contributed by atoms with Crippen LogP contribution in [-0.2, 0) is 4.79 Å². The van der Waals surface area contributed by atoms with Crippen molar-refractivity contribution in [3.05, 3.63) is 12.2 Å². The molecule has 1 unspecified atom stereocenters. The van der Waals surface area contributed by atoms with Gasteiger partial charge in [0.2, 0.25) is 5.91 Å². The summed E-state index contributed by atoms with van der Waals surface area (Å²) in [5, 5.41) is 2.88. The quantitative estimate of drug-likeness (QED) is 0.635. The molecule has 2 heteroatoms. The first-order chi connectivity index (χ1) is 5.74. The van der Waals surface area contributed by atoms with Crippen molar-refractivity contribution >= 4 is 5.91 Å². The Balaban J connectivity index is 2.11. The summed E-state index contributed by atoms with van der Waals surface area (Å²) in [6.45, 7) is 4.88. The first-order valence-electron chi connectivity index (χ1n) is 4.64. The number of hydrogen-bond donors (Lipinski definition) is 1. The molecule has 0 aromatic rings. The van der Waals surface area contributed by atoms with Gasteiger partial charge in [-0.2, -0.15) is 0 Å². The number of carbonyl (C=O) groups excluding carboxylic acids is 1. The Kier molecular flexibility index (Phi) is 3.32. The normalized spacial score (nSPS) is 19.5. The minimum absolute atomic E-state index is 0.0324. The first kappa shape index (κ1) is 9.30. The van der Waals surface area contributed by atoms with Crippen LogP contribution in [0.15, 0.2) is 12.2 Å². The van der Waals surface area contributed by atoms with E-state index in [0.717, 1.165) is 12.5 Å². The highest BCUT2D eigenvalue weighted by atomic mass is 16.1. The van der Waals surface area contributed by atoms with Crippen molar-refractivity contribution in [1.82, 2.24) is 5.32 Å². The molecule has 0 heterocycles. The van der Waals surface area contributed by atoms with Crippen LogP contribution in [0, 0.1) is 11.8 Å². The van der Waals surface area contributed by atoms with E-state index in [1.54, 1.807) is 12.2 Å². The maximum Gasteiger partial charge on any atom is 0.243 e. The third-order valence-corrected chi connectivity index (χ3v) is 2.34. The molecule has 1 atom stereocenters. The van der Waals surface area contributed by atoms with E-state index in [1.807, 2.05) is 6.92 Å². The SMILES string of the molecule is C/C=C/C(=O)NCC(C)C1CC1. The summed E-state index contributed by atoms with van der Waals surface area (Å²) in [7, 11) is 0. The van der Waals surface area contributed by atoms with Gasteiger partial charge >= 0.3 is 0 Å². The highest BCUT2D eigenvalue weighted by Gasteiger charge is 2.27. The van der Waals surface area contributed by atoms with Crippen LogP contribution in [-0.4, -0.2) is 12.5 Å². The predicted molar refractivity (Wildman–Crippen MR) is 49.7 cm³/mol. The van der Waals surface area contributed by atoms with Gasteiger partial charge in [0.25, 0.3) is 0 Å². The summed E-state index contributed by atoms with van der Waals surface area (Å²) in [6.07, 6.45) is 6.03. The van der Waals surface area contributed by atoms with Crippen molar-refractivity contribution < 1.29 is 4.79 Å². The topological polar surface area (TPSA) is 29.1 Å². The number of rotatable bonds is 4. The molecule has 0 aromatic heterocycles. The molecular weight excluding hydrogens is 150 g/mol. The van der Waals surface area contributed by atoms with Crippen molar-refractivity contribution in [3.63, 3.8) is 0 Å². The fourth-order valence-corrected chi connectivity index (χ4v) is 1.30. The zero-order chi connectivity index (χ0) is 8.97. The second kappa shape index (κ2) is 4.29. The molecule has 0 bridgehead atoms. The molecule has 68 valence electrons. The van der Waals surface area contributed by atoms with Crippen molar-refractivity contribution in [1.29, 1.82) is 0 Å². The summed E-state index contributed by atoms with van der Waals surface area (Å²) >= 11 is 0. The largest absolute Gasteiger partial charge is 0.352 e. The minimum atomic E-state index is 0.0324. The zero-order valence-electron chi connectivity index (χ0n) is 7.84. The lowest BCUT2D eigenvalue weighted by molar-refractivity contribution is -0.116. The van der Waals surface area contributed by atoms with Crippen molar-refractivity contribution in [2.75, 3.05) is 6.54 Å². The maximum atomic E-state index is 11.0. The highest BCUT2D eigenvalue weighted by Crippen LogP contribution is 2.35. The average molecular weight is 167 g/mol. The van der Waals surface area contributed by atoms with E-state index in [2.05, 4.69) is 12.2 Å². The molecule has 12 heavy (non-hydrogen) atoms. The van der Waals surface area contributed by atoms with E-state index < -0.39 is 0 Å². The van der Waals surface area contributed by atoms with Crippen molar-refractivity contribution in [3.8, 4) is 0 Å². The predicted octanol–water partition coefficient (Wildman–Crippen LogP) is 1.72. The molecule has 1 N–H and O–H groups in total. The Labute approximate surface area is 74.0 Å². The van der Waals surface area contributed by atoms with Gasteiger partial charge in [0.1, 0.15) is 0 Å². The summed E-state index contributed by atoms with van der Waals surface area (Å²) < 4.78 is 0. The second-order valence-electron chi connectivity index (χ2n) is 3.56. The van der Waals surface area contributed by atoms with Crippen LogP contribution in [0.25, 0.3) is 0 Å². The molecule has 0 radical (unpaired) electrons. The molecule has 2 nitrogen and oxygen atoms in total. The smallest absolute Gasteiger partial charge is 0.243 e. The molecular formula is C10H17NO. The van der Waals surface area contributed by atoms with Crippen LogP contribution in [0.1, 0.15) is 26.7 Å². The Morgan fingerprint density at radius 2 is 2.33 bits per heavy atom. The van der Waals surface area contributed by atoms with Gasteiger partial charge in [-0.15, -0.1) is 0 Å². The Hall–Kier alpha value is -0.790. The van der Waals surface area contributed by atoms with Gasteiger partial charge in [-0.25, -0.2) is 0 Å². The standard InChI is InChI=1S/C10H17NO/c1-3-4-10(12)11-7-8(2)9-5-6-9/h3-4,8-9H,5-7H2,1-2H3,(H,11,12)/b4-3+. The minimum Gasteiger partial charge on any atom is -0.352 e. The molecule has 0 spiro atoms. The Morgan fingerprint density at radius 3 is 2.83 bits per heavy atom. The van der Waals surface area contributed by atoms with E-state index in [1.165, 1.54) is 12.8 Å². The number of allylic oxidation sites excluding steroid dienone is 1. The van der Waals surface area contributed by atoms with E-state index in [4.69, 9.17) is 0 Å². The summed E-state index contributed by atoms with van der Waals surface area (Å²) in [5.74, 6) is 1.56. The number of hydrogen-bond acceptors (Lipinski definition) is 1. The molecule has 1 amide bonds. The maximum absolute atomic E-state index is 11.0. The summed E-state index contributed by atoms with van der Waals surface area (Å²) in [6, 6.07) is 0. The van der Waals surface area contributed by atoms with Crippen molar-refractivity contribution in [2.24, 2.45) is 11.8 Å². The van der Waals surface area contributed by atoms with Crippen LogP contribution in [0.3, 0.4) is 0 Å². The van der Waals surface area contributed by atoms with Crippen LogP contribution in [0.4, 0.5) is 0 Å². The molecule has 1 fully saturated rings. The molecule has 0 saturated heterocycles. The number of nitrogens with one attached hydrogen (secondary N) is 1. The fraction of sp³-hybridized carbons (Fsp3) is 0.700. The van der Waals surface area contributed by atoms with Crippen LogP contribution in [0.2, 0.25) is 0 Å². The lowest BCUT2D eigenvalue weighted by Gasteiger charge is -2.09. The van der Waals surface area contributed by atoms with Gasteiger partial charge in [-0.1, -0.05) is 13.0 Å². The number of carbonyl (C=O) groups is 1. The van der Waals surface area contributed by atoms with Gasteiger partial charge in [-0.05, 0) is 37.7 Å². The fourth-order valence-electron chi connectivity index (χ4n) is 1.30. The number of amides is 1. The summed E-state index contributed by atoms with van der Waals surface area (Å²) in [4.78, 5) is 11.0. The van der Waals surface area contributed by atoms with Crippen LogP contribution < -0.4 is 5.32 Å². The van der Waals surface area contributed by atoms with E-state index in [0.29, 0.717) is 5.92 Å². The molecule has 1 saturated carbocycles. The van der Waals surface area contributed by atoms with Crippen molar-refractivity contribution in [2.45, 2.75) is 26.7 Å². The van der Waals surface area contributed by atoms with E-state index in [-0.39, 0.29) is 5.91 Å². The van der Waals surface area contributed by atoms with Gasteiger partial charge in [0.05, 0.1) is 0 Å². The lowest BCUT2D eigenvalue weighted by Crippen LogP contribution is -2.27. The third-order valence-electron chi connectivity index (χ3n) is 2.34. The lowest BCUT2D eigenvalue weighted by atomic mass is 10.1. The third kappa shape index (κ3) is 3.07. The Morgan fingerprint density at radius 1 is 1.67 bits per heavy atom. The monoisotopic (exact) mass is 167 g/mol. The Bertz CT molecular complexity index is 182. The van der Waals surface area contributed by atoms with Crippen LogP contribution in [0.5, 0.6) is 0 Å². The van der Waals surface area contributed by atoms with E-state index >= 15 is 0 Å². The molecule has 1 aliphatic carbocycles. The van der Waals surface area contributed by atoms with Gasteiger partial charge in [-0.3, -0.25) is 4.79 Å². The van der Waals surface area contributed by atoms with Gasteiger partial charge in [0, 0.05) is 6.54 Å². The summed E-state index contributed by atoms with van der Waals surface area (Å²) in [5.41, 5.74) is 0. The first-order valence-corrected chi connectivity index (χ1v) is 4.64. The van der Waals surface area contributed by atoms with Crippen LogP contribution >= 0.6 is 0 Å². The average Bonchev–Trinajstić information content (AvgIpc) is 2.83. The molecule has 1 aliphatic rings. The molecule has 0 aliphatic heterocycles. The zero-order valence-corrected chi connectivity index (χ0v) is 7.84.